The molecule has 4 rings (SSSR count). The lowest BCUT2D eigenvalue weighted by atomic mass is 10.0. The summed E-state index contributed by atoms with van der Waals surface area (Å²) in [6, 6.07) is 6.73. The van der Waals surface area contributed by atoms with Crippen molar-refractivity contribution in [1.82, 2.24) is 4.90 Å². The molecule has 1 aromatic carbocycles. The molecule has 5 heteroatoms. The van der Waals surface area contributed by atoms with E-state index in [4.69, 9.17) is 0 Å². The van der Waals surface area contributed by atoms with Gasteiger partial charge in [-0.3, -0.25) is 4.99 Å². The van der Waals surface area contributed by atoms with Crippen molar-refractivity contribution in [3.8, 4) is 0 Å². The van der Waals surface area contributed by atoms with Gasteiger partial charge in [0.25, 0.3) is 0 Å². The predicted octanol–water partition coefficient (Wildman–Crippen LogP) is 3.68. The number of aliphatic hydroxyl groups excluding tert-OH is 1. The maximum atomic E-state index is 9.34. The maximum Gasteiger partial charge on any atom is 0.168 e. The van der Waals surface area contributed by atoms with E-state index in [1.54, 1.807) is 23.1 Å². The number of amidine groups is 1. The van der Waals surface area contributed by atoms with Crippen LogP contribution in [0.2, 0.25) is 0 Å². The fourth-order valence-electron chi connectivity index (χ4n) is 3.02. The number of aliphatic hydroxyl groups is 1. The lowest BCUT2D eigenvalue weighted by Crippen LogP contribution is -2.20. The summed E-state index contributed by atoms with van der Waals surface area (Å²) >= 11 is 3.52. The van der Waals surface area contributed by atoms with Gasteiger partial charge in [-0.05, 0) is 47.0 Å². The fraction of sp³-hybridized carbons (Fsp3) is 0.312. The zero-order chi connectivity index (χ0) is 14.4. The van der Waals surface area contributed by atoms with Crippen LogP contribution >= 0.6 is 23.1 Å². The first kappa shape index (κ1) is 13.4. The molecule has 0 unspecified atom stereocenters. The number of thioether (sulfide) groups is 1. The Labute approximate surface area is 132 Å². The van der Waals surface area contributed by atoms with Gasteiger partial charge < -0.3 is 10.0 Å². The van der Waals surface area contributed by atoms with Gasteiger partial charge in [0.1, 0.15) is 0 Å². The van der Waals surface area contributed by atoms with Crippen molar-refractivity contribution < 1.29 is 5.11 Å². The Kier molecular flexibility index (Phi) is 3.28. The third-order valence-electron chi connectivity index (χ3n) is 3.90. The van der Waals surface area contributed by atoms with E-state index in [-0.39, 0.29) is 6.61 Å². The first-order valence-corrected chi connectivity index (χ1v) is 8.79. The highest BCUT2D eigenvalue weighted by atomic mass is 32.2. The van der Waals surface area contributed by atoms with Crippen LogP contribution in [-0.2, 0) is 0 Å². The number of rotatable bonds is 3. The molecule has 1 N–H and O–H groups in total. The van der Waals surface area contributed by atoms with Crippen LogP contribution in [0.4, 0.5) is 0 Å². The van der Waals surface area contributed by atoms with Crippen LogP contribution in [0.15, 0.2) is 33.5 Å². The van der Waals surface area contributed by atoms with E-state index in [2.05, 4.69) is 40.4 Å². The minimum absolute atomic E-state index is 0.187. The Morgan fingerprint density at radius 3 is 3.14 bits per heavy atom. The van der Waals surface area contributed by atoms with Gasteiger partial charge in [0.15, 0.2) is 5.17 Å². The Balaban J connectivity index is 1.87. The molecular weight excluding hydrogens is 300 g/mol. The Hall–Kier alpha value is -1.30. The summed E-state index contributed by atoms with van der Waals surface area (Å²) in [7, 11) is 0. The monoisotopic (exact) mass is 316 g/mol. The summed E-state index contributed by atoms with van der Waals surface area (Å²) in [5.41, 5.74) is 3.82. The normalized spacial score (nSPS) is 17.8. The quantitative estimate of drug-likeness (QED) is 0.938. The fourth-order valence-corrected chi connectivity index (χ4v) is 5.06. The molecule has 2 aromatic rings. The van der Waals surface area contributed by atoms with Crippen LogP contribution in [0.25, 0.3) is 15.8 Å². The van der Waals surface area contributed by atoms with Gasteiger partial charge >= 0.3 is 0 Å². The SMILES string of the molecule is Cc1cc(C2=C(CCO)SC3=NCCN32)cc2ccsc12. The van der Waals surface area contributed by atoms with Crippen molar-refractivity contribution in [2.24, 2.45) is 4.99 Å². The average molecular weight is 316 g/mol. The van der Waals surface area contributed by atoms with Crippen molar-refractivity contribution >= 4 is 44.0 Å². The second-order valence-electron chi connectivity index (χ2n) is 5.30. The highest BCUT2D eigenvalue weighted by Gasteiger charge is 2.32. The van der Waals surface area contributed by atoms with Crippen molar-refractivity contribution in [2.75, 3.05) is 19.7 Å². The van der Waals surface area contributed by atoms with Gasteiger partial charge in [-0.2, -0.15) is 0 Å². The van der Waals surface area contributed by atoms with Crippen LogP contribution in [0.3, 0.4) is 0 Å². The lowest BCUT2D eigenvalue weighted by molar-refractivity contribution is 0.301. The summed E-state index contributed by atoms with van der Waals surface area (Å²) in [6.07, 6.45) is 0.705. The number of hydrogen-bond donors (Lipinski definition) is 1. The largest absolute Gasteiger partial charge is 0.396 e. The summed E-state index contributed by atoms with van der Waals surface area (Å²) in [5, 5.41) is 13.9. The van der Waals surface area contributed by atoms with Gasteiger partial charge in [-0.15, -0.1) is 11.3 Å². The molecule has 0 aliphatic carbocycles. The number of thiophene rings is 1. The van der Waals surface area contributed by atoms with Crippen LogP contribution in [0.5, 0.6) is 0 Å². The average Bonchev–Trinajstić information content (AvgIpc) is 3.13. The molecule has 0 fully saturated rings. The van der Waals surface area contributed by atoms with E-state index in [1.165, 1.54) is 31.8 Å². The van der Waals surface area contributed by atoms with Crippen LogP contribution in [-0.4, -0.2) is 34.9 Å². The molecule has 2 aliphatic rings. The molecule has 3 nitrogen and oxygen atoms in total. The number of aliphatic imine (C=N–C) groups is 1. The first-order valence-electron chi connectivity index (χ1n) is 7.10. The summed E-state index contributed by atoms with van der Waals surface area (Å²) < 4.78 is 1.36. The molecule has 2 aliphatic heterocycles. The zero-order valence-corrected chi connectivity index (χ0v) is 13.4. The topological polar surface area (TPSA) is 35.8 Å². The Morgan fingerprint density at radius 1 is 1.38 bits per heavy atom. The van der Waals surface area contributed by atoms with E-state index in [9.17, 15) is 5.11 Å². The van der Waals surface area contributed by atoms with Gasteiger partial charge in [-0.1, -0.05) is 11.8 Å². The molecule has 1 aromatic heterocycles. The van der Waals surface area contributed by atoms with Gasteiger partial charge in [-0.25, -0.2) is 0 Å². The molecule has 0 saturated heterocycles. The predicted molar refractivity (Wildman–Crippen MR) is 91.8 cm³/mol. The maximum absolute atomic E-state index is 9.34. The van der Waals surface area contributed by atoms with Crippen molar-refractivity contribution in [2.45, 2.75) is 13.3 Å². The second kappa shape index (κ2) is 5.16. The number of hydrogen-bond acceptors (Lipinski definition) is 5. The third-order valence-corrected chi connectivity index (χ3v) is 6.14. The molecule has 108 valence electrons. The third kappa shape index (κ3) is 2.11. The number of benzene rings is 1. The van der Waals surface area contributed by atoms with E-state index >= 15 is 0 Å². The molecular formula is C16H16N2OS2. The minimum atomic E-state index is 0.187. The summed E-state index contributed by atoms with van der Waals surface area (Å²) in [6.45, 7) is 4.19. The van der Waals surface area contributed by atoms with Gasteiger partial charge in [0.2, 0.25) is 0 Å². The minimum Gasteiger partial charge on any atom is -0.396 e. The zero-order valence-electron chi connectivity index (χ0n) is 11.8. The molecule has 3 heterocycles. The van der Waals surface area contributed by atoms with Crippen molar-refractivity contribution in [3.63, 3.8) is 0 Å². The highest BCUT2D eigenvalue weighted by Crippen LogP contribution is 2.44. The number of fused-ring (bicyclic) bond motifs is 2. The standard InChI is InChI=1S/C16H16N2OS2/c1-10-8-12(9-11-3-7-20-15(10)11)14-13(2-6-19)21-16-17-4-5-18(14)16/h3,7-9,19H,2,4-6H2,1H3. The van der Waals surface area contributed by atoms with Crippen LogP contribution in [0.1, 0.15) is 17.5 Å². The lowest BCUT2D eigenvalue weighted by Gasteiger charge is -2.18. The molecule has 0 bridgehead atoms. The molecule has 21 heavy (non-hydrogen) atoms. The van der Waals surface area contributed by atoms with E-state index in [0.29, 0.717) is 6.42 Å². The molecule has 0 atom stereocenters. The van der Waals surface area contributed by atoms with Gasteiger partial charge in [0, 0.05) is 29.2 Å². The van der Waals surface area contributed by atoms with Crippen molar-refractivity contribution in [3.05, 3.63) is 39.6 Å². The highest BCUT2D eigenvalue weighted by molar-refractivity contribution is 8.17. The van der Waals surface area contributed by atoms with Crippen LogP contribution in [0, 0.1) is 6.92 Å². The van der Waals surface area contributed by atoms with Crippen LogP contribution < -0.4 is 0 Å². The summed E-state index contributed by atoms with van der Waals surface area (Å²) in [5.74, 6) is 0. The molecule has 0 amide bonds. The number of aryl methyl sites for hydroxylation is 1. The molecule has 0 spiro atoms. The van der Waals surface area contributed by atoms with E-state index in [1.807, 2.05) is 0 Å². The van der Waals surface area contributed by atoms with Crippen molar-refractivity contribution in [1.29, 1.82) is 0 Å². The molecule has 0 saturated carbocycles. The Bertz CT molecular complexity index is 776. The smallest absolute Gasteiger partial charge is 0.168 e. The van der Waals surface area contributed by atoms with Gasteiger partial charge in [0.05, 0.1) is 12.2 Å². The van der Waals surface area contributed by atoms with E-state index in [0.717, 1.165) is 18.3 Å². The molecule has 0 radical (unpaired) electrons. The Morgan fingerprint density at radius 2 is 2.29 bits per heavy atom. The first-order chi connectivity index (χ1) is 10.3. The van der Waals surface area contributed by atoms with E-state index < -0.39 is 0 Å². The summed E-state index contributed by atoms with van der Waals surface area (Å²) in [4.78, 5) is 8.11. The number of nitrogens with zero attached hydrogens (tertiary/aromatic N) is 2. The second-order valence-corrected chi connectivity index (χ2v) is 7.27.